The fraction of sp³-hybridized carbons (Fsp3) is 0.421. The highest BCUT2D eigenvalue weighted by molar-refractivity contribution is 5.88. The monoisotopic (exact) mass is 388 g/mol. The van der Waals surface area contributed by atoms with Crippen molar-refractivity contribution in [2.45, 2.75) is 19.9 Å². The van der Waals surface area contributed by atoms with Gasteiger partial charge in [0.25, 0.3) is 5.56 Å². The molecule has 0 radical (unpaired) electrons. The zero-order valence-electron chi connectivity index (χ0n) is 16.4. The third-order valence-electron chi connectivity index (χ3n) is 4.79. The molecule has 0 bridgehead atoms. The van der Waals surface area contributed by atoms with Gasteiger partial charge in [0.05, 0.1) is 13.2 Å². The standard InChI is InChI=1S/C19H25N5O4/c1-13(25)21-14-6-4-7-15(10-14)28-9-5-8-24-11-16-17(20-12-24)22(2)19(27)23(3)18(16)26/h4,6-7,10,20H,5,8-9,11-12H2,1-3H3,(H,21,25)/p+1. The van der Waals surface area contributed by atoms with Crippen LogP contribution in [0, 0.1) is 0 Å². The van der Waals surface area contributed by atoms with E-state index >= 15 is 0 Å². The molecule has 0 fully saturated rings. The van der Waals surface area contributed by atoms with Crippen molar-refractivity contribution in [3.05, 3.63) is 50.7 Å². The average Bonchev–Trinajstić information content (AvgIpc) is 2.67. The minimum atomic E-state index is -0.324. The van der Waals surface area contributed by atoms with Crippen LogP contribution in [-0.2, 0) is 25.4 Å². The van der Waals surface area contributed by atoms with E-state index in [2.05, 4.69) is 10.6 Å². The Hall–Kier alpha value is -3.07. The third-order valence-corrected chi connectivity index (χ3v) is 4.79. The summed E-state index contributed by atoms with van der Waals surface area (Å²) < 4.78 is 8.40. The Morgan fingerprint density at radius 2 is 2.07 bits per heavy atom. The van der Waals surface area contributed by atoms with Gasteiger partial charge in [0, 0.05) is 39.2 Å². The normalized spacial score (nSPS) is 15.5. The van der Waals surface area contributed by atoms with Gasteiger partial charge in [0.2, 0.25) is 5.91 Å². The van der Waals surface area contributed by atoms with Crippen molar-refractivity contribution in [1.82, 2.24) is 9.13 Å². The molecule has 9 nitrogen and oxygen atoms in total. The van der Waals surface area contributed by atoms with Crippen molar-refractivity contribution in [2.75, 3.05) is 30.5 Å². The zero-order chi connectivity index (χ0) is 20.3. The number of anilines is 2. The maximum absolute atomic E-state index is 12.4. The summed E-state index contributed by atoms with van der Waals surface area (Å²) >= 11 is 0. The quantitative estimate of drug-likeness (QED) is 0.568. The van der Waals surface area contributed by atoms with E-state index in [9.17, 15) is 14.4 Å². The predicted octanol–water partition coefficient (Wildman–Crippen LogP) is -0.721. The van der Waals surface area contributed by atoms with E-state index in [1.807, 2.05) is 18.2 Å². The summed E-state index contributed by atoms with van der Waals surface area (Å²) in [6.07, 6.45) is 0.808. The number of hydrogen-bond donors (Lipinski definition) is 3. The zero-order valence-corrected chi connectivity index (χ0v) is 16.4. The van der Waals surface area contributed by atoms with Gasteiger partial charge >= 0.3 is 5.69 Å². The van der Waals surface area contributed by atoms with Crippen LogP contribution in [0.3, 0.4) is 0 Å². The number of amides is 1. The van der Waals surface area contributed by atoms with Gasteiger partial charge < -0.3 is 20.3 Å². The number of fused-ring (bicyclic) bond motifs is 1. The molecule has 0 saturated carbocycles. The topological polar surface area (TPSA) is 98.8 Å². The second-order valence-electron chi connectivity index (χ2n) is 6.97. The van der Waals surface area contributed by atoms with Gasteiger partial charge in [0.1, 0.15) is 23.7 Å². The molecule has 0 aliphatic carbocycles. The van der Waals surface area contributed by atoms with E-state index in [0.29, 0.717) is 42.6 Å². The Balaban J connectivity index is 1.54. The maximum Gasteiger partial charge on any atom is 0.332 e. The molecule has 0 spiro atoms. The highest BCUT2D eigenvalue weighted by Gasteiger charge is 2.25. The first-order valence-corrected chi connectivity index (χ1v) is 9.23. The number of ether oxygens (including phenoxy) is 1. The van der Waals surface area contributed by atoms with Gasteiger partial charge in [-0.2, -0.15) is 0 Å². The molecule has 1 aromatic carbocycles. The lowest BCUT2D eigenvalue weighted by molar-refractivity contribution is -0.912. The molecule has 2 heterocycles. The Kier molecular flexibility index (Phi) is 5.84. The molecule has 9 heteroatoms. The number of benzene rings is 1. The van der Waals surface area contributed by atoms with Crippen molar-refractivity contribution in [1.29, 1.82) is 0 Å². The predicted molar refractivity (Wildman–Crippen MR) is 106 cm³/mol. The summed E-state index contributed by atoms with van der Waals surface area (Å²) in [6, 6.07) is 7.28. The number of carbonyl (C=O) groups excluding carboxylic acids is 1. The molecule has 0 saturated heterocycles. The Morgan fingerprint density at radius 3 is 2.82 bits per heavy atom. The number of hydrogen-bond acceptors (Lipinski definition) is 5. The minimum Gasteiger partial charge on any atom is -0.493 e. The Morgan fingerprint density at radius 1 is 1.29 bits per heavy atom. The van der Waals surface area contributed by atoms with Crippen molar-refractivity contribution in [2.24, 2.45) is 14.1 Å². The molecule has 1 amide bonds. The first-order chi connectivity index (χ1) is 13.4. The fourth-order valence-corrected chi connectivity index (χ4v) is 3.38. The number of rotatable bonds is 6. The van der Waals surface area contributed by atoms with Gasteiger partial charge in [-0.25, -0.2) is 4.79 Å². The second-order valence-corrected chi connectivity index (χ2v) is 6.97. The van der Waals surface area contributed by atoms with Crippen LogP contribution in [0.5, 0.6) is 5.75 Å². The van der Waals surface area contributed by atoms with E-state index in [1.54, 1.807) is 13.1 Å². The van der Waals surface area contributed by atoms with Gasteiger partial charge in [-0.3, -0.25) is 18.7 Å². The largest absolute Gasteiger partial charge is 0.493 e. The molecular formula is C19H26N5O4+. The second kappa shape index (κ2) is 8.30. The van der Waals surface area contributed by atoms with Crippen LogP contribution in [0.4, 0.5) is 11.5 Å². The van der Waals surface area contributed by atoms with E-state index < -0.39 is 0 Å². The maximum atomic E-state index is 12.4. The molecule has 1 unspecified atom stereocenters. The van der Waals surface area contributed by atoms with Crippen LogP contribution in [0.25, 0.3) is 0 Å². The van der Waals surface area contributed by atoms with Crippen molar-refractivity contribution in [3.63, 3.8) is 0 Å². The summed E-state index contributed by atoms with van der Waals surface area (Å²) in [6.45, 7) is 4.04. The smallest absolute Gasteiger partial charge is 0.332 e. The van der Waals surface area contributed by atoms with Crippen molar-refractivity contribution >= 4 is 17.4 Å². The summed E-state index contributed by atoms with van der Waals surface area (Å²) in [4.78, 5) is 36.7. The summed E-state index contributed by atoms with van der Waals surface area (Å²) in [5.74, 6) is 1.19. The van der Waals surface area contributed by atoms with E-state index in [0.717, 1.165) is 17.5 Å². The first-order valence-electron chi connectivity index (χ1n) is 9.23. The molecule has 3 N–H and O–H groups in total. The van der Waals surface area contributed by atoms with E-state index in [-0.39, 0.29) is 17.2 Å². The summed E-state index contributed by atoms with van der Waals surface area (Å²) in [5.41, 5.74) is 0.770. The number of aromatic nitrogens is 2. The highest BCUT2D eigenvalue weighted by Crippen LogP contribution is 2.17. The lowest BCUT2D eigenvalue weighted by Crippen LogP contribution is -3.12. The van der Waals surface area contributed by atoms with Gasteiger partial charge in [0.15, 0.2) is 6.67 Å². The van der Waals surface area contributed by atoms with Gasteiger partial charge in [-0.05, 0) is 12.1 Å². The van der Waals surface area contributed by atoms with Crippen LogP contribution in [0.2, 0.25) is 0 Å². The van der Waals surface area contributed by atoms with Crippen LogP contribution >= 0.6 is 0 Å². The number of quaternary nitrogens is 1. The third kappa shape index (κ3) is 4.25. The molecule has 28 heavy (non-hydrogen) atoms. The van der Waals surface area contributed by atoms with Crippen LogP contribution in [0.15, 0.2) is 33.9 Å². The SMILES string of the molecule is CC(=O)Nc1cccc(OCCC[NH+]2CNc3c(c(=O)n(C)c(=O)n3C)C2)c1. The van der Waals surface area contributed by atoms with Crippen molar-refractivity contribution < 1.29 is 14.4 Å². The molecule has 1 aliphatic heterocycles. The number of nitrogens with zero attached hydrogens (tertiary/aromatic N) is 2. The van der Waals surface area contributed by atoms with Gasteiger partial charge in [-0.1, -0.05) is 6.07 Å². The van der Waals surface area contributed by atoms with Crippen molar-refractivity contribution in [3.8, 4) is 5.75 Å². The van der Waals surface area contributed by atoms with E-state index in [1.165, 1.54) is 23.4 Å². The molecule has 1 aromatic heterocycles. The molecule has 2 aromatic rings. The fourth-order valence-electron chi connectivity index (χ4n) is 3.38. The van der Waals surface area contributed by atoms with Gasteiger partial charge in [-0.15, -0.1) is 0 Å². The Bertz CT molecular complexity index is 995. The minimum absolute atomic E-state index is 0.123. The highest BCUT2D eigenvalue weighted by atomic mass is 16.5. The summed E-state index contributed by atoms with van der Waals surface area (Å²) in [7, 11) is 3.17. The van der Waals surface area contributed by atoms with E-state index in [4.69, 9.17) is 4.74 Å². The lowest BCUT2D eigenvalue weighted by atomic mass is 10.2. The molecule has 3 rings (SSSR count). The molecular weight excluding hydrogens is 362 g/mol. The first kappa shape index (κ1) is 19.7. The average molecular weight is 388 g/mol. The molecule has 150 valence electrons. The van der Waals surface area contributed by atoms with Crippen LogP contribution in [0.1, 0.15) is 18.9 Å². The Labute approximate surface area is 162 Å². The molecule has 1 aliphatic rings. The van der Waals surface area contributed by atoms with Crippen LogP contribution < -0.4 is 31.5 Å². The number of carbonyl (C=O) groups is 1. The number of nitrogens with one attached hydrogen (secondary N) is 3. The summed E-state index contributed by atoms with van der Waals surface area (Å²) in [5, 5.41) is 5.93. The lowest BCUT2D eigenvalue weighted by Gasteiger charge is -2.28. The molecule has 1 atom stereocenters. The van der Waals surface area contributed by atoms with Crippen LogP contribution in [-0.4, -0.2) is 34.9 Å².